The number of unbranched alkanes of at least 4 members (excludes halogenated alkanes) is 63. The average molecular weight is 1190 g/mol. The summed E-state index contributed by atoms with van der Waals surface area (Å²) in [4.78, 5) is 24.6. The van der Waals surface area contributed by atoms with Crippen LogP contribution in [-0.4, -0.2) is 47.4 Å². The Hall–Kier alpha value is -1.40. The maximum absolute atomic E-state index is 12.5. The van der Waals surface area contributed by atoms with E-state index in [0.29, 0.717) is 19.4 Å². The van der Waals surface area contributed by atoms with Crippen molar-refractivity contribution in [2.75, 3.05) is 13.2 Å². The number of allylic oxidation sites excluding steroid dienone is 1. The second kappa shape index (κ2) is 74.1. The van der Waals surface area contributed by atoms with Gasteiger partial charge in [0.05, 0.1) is 25.4 Å². The van der Waals surface area contributed by atoms with Crippen LogP contribution in [0.4, 0.5) is 0 Å². The molecule has 0 fully saturated rings. The van der Waals surface area contributed by atoms with E-state index in [1.807, 2.05) is 6.08 Å². The van der Waals surface area contributed by atoms with Crippen molar-refractivity contribution in [1.29, 1.82) is 0 Å². The summed E-state index contributed by atoms with van der Waals surface area (Å²) in [6.07, 6.45) is 93.4. The van der Waals surface area contributed by atoms with Crippen molar-refractivity contribution in [2.24, 2.45) is 0 Å². The highest BCUT2D eigenvalue weighted by Gasteiger charge is 2.18. The van der Waals surface area contributed by atoms with Crippen LogP contribution in [0.5, 0.6) is 0 Å². The SMILES string of the molecule is CCCCCCCCCCCCCC/C=C/C(O)C(CO)NC(=O)CCCCCCCCCCCCCCCCCCCCCCCCCCCCCCCCCCCCCOC(=O)CCCCCCCCCCCCCCCCCCCC. The lowest BCUT2D eigenvalue weighted by Crippen LogP contribution is -2.45. The van der Waals surface area contributed by atoms with E-state index in [1.165, 1.54) is 385 Å². The summed E-state index contributed by atoms with van der Waals surface area (Å²) in [5.41, 5.74) is 0. The lowest BCUT2D eigenvalue weighted by Gasteiger charge is -2.20. The molecule has 500 valence electrons. The highest BCUT2D eigenvalue weighted by molar-refractivity contribution is 5.76. The van der Waals surface area contributed by atoms with Crippen molar-refractivity contribution in [3.8, 4) is 0 Å². The number of rotatable bonds is 74. The highest BCUT2D eigenvalue weighted by atomic mass is 16.5. The molecule has 0 aliphatic carbocycles. The van der Waals surface area contributed by atoms with Crippen molar-refractivity contribution in [2.45, 2.75) is 463 Å². The predicted molar refractivity (Wildman–Crippen MR) is 370 cm³/mol. The van der Waals surface area contributed by atoms with Crippen LogP contribution in [0.3, 0.4) is 0 Å². The Balaban J connectivity index is 3.29. The minimum absolute atomic E-state index is 0.0279. The third-order valence-electron chi connectivity index (χ3n) is 18.6. The van der Waals surface area contributed by atoms with E-state index in [2.05, 4.69) is 19.2 Å². The standard InChI is InChI=1S/C78H153NO5/c1-3-5-7-9-11-13-15-17-19-20-41-44-48-52-56-60-64-68-72-78(83)84-73-69-65-61-57-53-49-45-42-39-37-35-33-31-29-27-25-23-21-22-24-26-28-30-32-34-36-38-40-43-47-51-55-59-63-67-71-77(82)79-75(74-80)76(81)70-66-62-58-54-50-46-18-16-14-12-10-8-6-4-2/h66,70,75-76,80-81H,3-65,67-69,71-74H2,1-2H3,(H,79,82)/b70-66+. The van der Waals surface area contributed by atoms with Gasteiger partial charge in [0.25, 0.3) is 0 Å². The first-order chi connectivity index (χ1) is 41.5. The number of hydrogen-bond acceptors (Lipinski definition) is 5. The molecule has 6 nitrogen and oxygen atoms in total. The van der Waals surface area contributed by atoms with Gasteiger partial charge in [-0.2, -0.15) is 0 Å². The molecule has 0 radical (unpaired) electrons. The smallest absolute Gasteiger partial charge is 0.305 e. The van der Waals surface area contributed by atoms with E-state index in [-0.39, 0.29) is 18.5 Å². The second-order valence-corrected chi connectivity index (χ2v) is 27.1. The molecule has 0 aromatic carbocycles. The van der Waals surface area contributed by atoms with Gasteiger partial charge in [-0.25, -0.2) is 0 Å². The number of carbonyl (C=O) groups excluding carboxylic acids is 2. The Morgan fingerprint density at radius 1 is 0.321 bits per heavy atom. The molecule has 0 aromatic heterocycles. The summed E-state index contributed by atoms with van der Waals surface area (Å²) in [6.45, 7) is 4.96. The predicted octanol–water partition coefficient (Wildman–Crippen LogP) is 25.5. The third-order valence-corrected chi connectivity index (χ3v) is 18.6. The summed E-state index contributed by atoms with van der Waals surface area (Å²) in [6, 6.07) is -0.623. The van der Waals surface area contributed by atoms with E-state index < -0.39 is 12.1 Å². The van der Waals surface area contributed by atoms with Gasteiger partial charge in [0.2, 0.25) is 5.91 Å². The molecular formula is C78H153NO5. The average Bonchev–Trinajstić information content (AvgIpc) is 3.52. The Bertz CT molecular complexity index is 1270. The van der Waals surface area contributed by atoms with Crippen LogP contribution in [0.15, 0.2) is 12.2 Å². The second-order valence-electron chi connectivity index (χ2n) is 27.1. The van der Waals surface area contributed by atoms with Crippen molar-refractivity contribution < 1.29 is 24.5 Å². The number of aliphatic hydroxyl groups excluding tert-OH is 2. The van der Waals surface area contributed by atoms with Gasteiger partial charge in [0.15, 0.2) is 0 Å². The van der Waals surface area contributed by atoms with Crippen LogP contribution in [0.1, 0.15) is 450 Å². The largest absolute Gasteiger partial charge is 0.466 e. The summed E-state index contributed by atoms with van der Waals surface area (Å²) >= 11 is 0. The number of nitrogens with one attached hydrogen (secondary N) is 1. The van der Waals surface area contributed by atoms with Crippen molar-refractivity contribution >= 4 is 11.9 Å². The van der Waals surface area contributed by atoms with E-state index >= 15 is 0 Å². The van der Waals surface area contributed by atoms with Gasteiger partial charge in [-0.15, -0.1) is 0 Å². The molecule has 0 saturated heterocycles. The summed E-state index contributed by atoms with van der Waals surface area (Å²) in [5, 5.41) is 23.2. The summed E-state index contributed by atoms with van der Waals surface area (Å²) in [5.74, 6) is -0.0319. The van der Waals surface area contributed by atoms with E-state index in [9.17, 15) is 19.8 Å². The molecule has 0 heterocycles. The van der Waals surface area contributed by atoms with Crippen LogP contribution in [-0.2, 0) is 14.3 Å². The maximum Gasteiger partial charge on any atom is 0.305 e. The van der Waals surface area contributed by atoms with Crippen LogP contribution in [0.25, 0.3) is 0 Å². The van der Waals surface area contributed by atoms with Gasteiger partial charge in [-0.3, -0.25) is 9.59 Å². The van der Waals surface area contributed by atoms with Gasteiger partial charge in [-0.1, -0.05) is 418 Å². The van der Waals surface area contributed by atoms with Crippen LogP contribution in [0, 0.1) is 0 Å². The van der Waals surface area contributed by atoms with Gasteiger partial charge >= 0.3 is 5.97 Å². The highest BCUT2D eigenvalue weighted by Crippen LogP contribution is 2.20. The molecule has 3 N–H and O–H groups in total. The zero-order valence-corrected chi connectivity index (χ0v) is 57.4. The molecule has 0 saturated carbocycles. The molecule has 0 aliphatic heterocycles. The van der Waals surface area contributed by atoms with E-state index in [1.54, 1.807) is 6.08 Å². The van der Waals surface area contributed by atoms with Gasteiger partial charge in [0, 0.05) is 12.8 Å². The molecule has 84 heavy (non-hydrogen) atoms. The van der Waals surface area contributed by atoms with Gasteiger partial charge in [0.1, 0.15) is 0 Å². The first-order valence-corrected chi connectivity index (χ1v) is 39.0. The van der Waals surface area contributed by atoms with Gasteiger partial charge in [-0.05, 0) is 32.1 Å². The fourth-order valence-corrected chi connectivity index (χ4v) is 12.6. The molecule has 0 bridgehead atoms. The minimum Gasteiger partial charge on any atom is -0.466 e. The number of amides is 1. The molecule has 2 atom stereocenters. The number of hydrogen-bond donors (Lipinski definition) is 3. The zero-order chi connectivity index (χ0) is 60.6. The van der Waals surface area contributed by atoms with Crippen LogP contribution < -0.4 is 5.32 Å². The first-order valence-electron chi connectivity index (χ1n) is 39.0. The fraction of sp³-hybridized carbons (Fsp3) is 0.949. The Morgan fingerprint density at radius 3 is 0.810 bits per heavy atom. The van der Waals surface area contributed by atoms with Gasteiger partial charge < -0.3 is 20.3 Å². The van der Waals surface area contributed by atoms with Crippen molar-refractivity contribution in [1.82, 2.24) is 5.32 Å². The molecule has 2 unspecified atom stereocenters. The first kappa shape index (κ1) is 82.6. The van der Waals surface area contributed by atoms with E-state index in [0.717, 1.165) is 38.5 Å². The Kier molecular flexibility index (Phi) is 72.8. The maximum atomic E-state index is 12.5. The van der Waals surface area contributed by atoms with Crippen LogP contribution in [0.2, 0.25) is 0 Å². The molecule has 0 aliphatic rings. The lowest BCUT2D eigenvalue weighted by atomic mass is 10.0. The van der Waals surface area contributed by atoms with Crippen molar-refractivity contribution in [3.63, 3.8) is 0 Å². The monoisotopic (exact) mass is 1180 g/mol. The Labute approximate surface area is 527 Å². The molecule has 0 spiro atoms. The fourth-order valence-electron chi connectivity index (χ4n) is 12.6. The normalized spacial score (nSPS) is 12.5. The molecule has 0 aromatic rings. The lowest BCUT2D eigenvalue weighted by molar-refractivity contribution is -0.143. The number of carbonyl (C=O) groups is 2. The zero-order valence-electron chi connectivity index (χ0n) is 57.4. The molecule has 1 amide bonds. The topological polar surface area (TPSA) is 95.9 Å². The molecular weight excluding hydrogens is 1030 g/mol. The third kappa shape index (κ3) is 69.7. The van der Waals surface area contributed by atoms with E-state index in [4.69, 9.17) is 4.74 Å². The quantitative estimate of drug-likeness (QED) is 0.0320. The van der Waals surface area contributed by atoms with Crippen molar-refractivity contribution in [3.05, 3.63) is 12.2 Å². The minimum atomic E-state index is -0.839. The number of aliphatic hydroxyl groups is 2. The summed E-state index contributed by atoms with van der Waals surface area (Å²) in [7, 11) is 0. The number of esters is 1. The molecule has 0 rings (SSSR count). The van der Waals surface area contributed by atoms with Crippen LogP contribution >= 0.6 is 0 Å². The summed E-state index contributed by atoms with van der Waals surface area (Å²) < 4.78 is 5.52. The number of ether oxygens (including phenoxy) is 1. The Morgan fingerprint density at radius 2 is 0.548 bits per heavy atom. The molecule has 6 heteroatoms.